The maximum absolute atomic E-state index is 12.2. The van der Waals surface area contributed by atoms with Crippen molar-refractivity contribution in [1.29, 1.82) is 0 Å². The number of Topliss-reactive ketones (excluding diaryl/α,β-unsaturated/α-hetero) is 1. The molecule has 1 aliphatic carbocycles. The van der Waals surface area contributed by atoms with Crippen molar-refractivity contribution >= 4 is 11.7 Å². The van der Waals surface area contributed by atoms with Crippen LogP contribution in [-0.2, 0) is 9.59 Å². The molecule has 0 N–H and O–H groups in total. The van der Waals surface area contributed by atoms with Crippen molar-refractivity contribution in [2.45, 2.75) is 64.7 Å². The first-order valence-electron chi connectivity index (χ1n) is 7.94. The summed E-state index contributed by atoms with van der Waals surface area (Å²) in [7, 11) is 0. The van der Waals surface area contributed by atoms with E-state index < -0.39 is 0 Å². The van der Waals surface area contributed by atoms with Crippen LogP contribution in [0.3, 0.4) is 0 Å². The van der Waals surface area contributed by atoms with Gasteiger partial charge < -0.3 is 9.69 Å². The molecule has 3 heteroatoms. The summed E-state index contributed by atoms with van der Waals surface area (Å²) in [6, 6.07) is 0. The first-order chi connectivity index (χ1) is 9.16. The van der Waals surface area contributed by atoms with Crippen LogP contribution in [0.1, 0.15) is 64.7 Å². The summed E-state index contributed by atoms with van der Waals surface area (Å²) in [5.41, 5.74) is 0. The molecule has 19 heavy (non-hydrogen) atoms. The molecular weight excluding hydrogens is 238 g/mol. The third kappa shape index (κ3) is 4.32. The van der Waals surface area contributed by atoms with Crippen molar-refractivity contribution in [1.82, 2.24) is 4.90 Å². The van der Waals surface area contributed by atoms with E-state index in [9.17, 15) is 9.59 Å². The Balaban J connectivity index is 1.69. The number of likely N-dealkylation sites (tertiary alicyclic amines) is 1. The topological polar surface area (TPSA) is 37.4 Å². The largest absolute Gasteiger partial charge is 0.342 e. The van der Waals surface area contributed by atoms with E-state index in [1.807, 2.05) is 0 Å². The lowest BCUT2D eigenvalue weighted by Crippen LogP contribution is -2.44. The van der Waals surface area contributed by atoms with Crippen molar-refractivity contribution < 1.29 is 9.59 Å². The van der Waals surface area contributed by atoms with E-state index in [1.54, 1.807) is 6.92 Å². The summed E-state index contributed by atoms with van der Waals surface area (Å²) < 4.78 is 0. The molecular formula is C16H27NO2. The van der Waals surface area contributed by atoms with Crippen LogP contribution in [0, 0.1) is 11.8 Å². The van der Waals surface area contributed by atoms with Gasteiger partial charge in [0.1, 0.15) is 5.78 Å². The number of piperidine rings is 1. The van der Waals surface area contributed by atoms with Crippen molar-refractivity contribution in [3.63, 3.8) is 0 Å². The third-order valence-corrected chi connectivity index (χ3v) is 4.81. The minimum atomic E-state index is 0.232. The maximum Gasteiger partial charge on any atom is 0.222 e. The second kappa shape index (κ2) is 7.06. The molecule has 0 radical (unpaired) electrons. The fourth-order valence-electron chi connectivity index (χ4n) is 3.64. The molecule has 2 atom stereocenters. The number of rotatable bonds is 5. The quantitative estimate of drug-likeness (QED) is 0.716. The van der Waals surface area contributed by atoms with Gasteiger partial charge in [-0.05, 0) is 44.4 Å². The van der Waals surface area contributed by atoms with Crippen LogP contribution < -0.4 is 0 Å². The van der Waals surface area contributed by atoms with Crippen LogP contribution in [0.4, 0.5) is 0 Å². The van der Waals surface area contributed by atoms with Crippen LogP contribution in [0.5, 0.6) is 0 Å². The molecule has 0 aromatic carbocycles. The van der Waals surface area contributed by atoms with Gasteiger partial charge in [-0.15, -0.1) is 0 Å². The summed E-state index contributed by atoms with van der Waals surface area (Å²) >= 11 is 0. The molecule has 1 saturated heterocycles. The van der Waals surface area contributed by atoms with Gasteiger partial charge in [0.15, 0.2) is 0 Å². The zero-order valence-corrected chi connectivity index (χ0v) is 12.2. The molecule has 1 aliphatic heterocycles. The standard InChI is InChI=1S/C16H27NO2/c1-13(18)6-2-5-9-16(19)17-11-10-14-7-3-4-8-15(14)12-17/h14-15H,2-12H2,1H3. The Morgan fingerprint density at radius 1 is 1.00 bits per heavy atom. The molecule has 1 amide bonds. The smallest absolute Gasteiger partial charge is 0.222 e. The fourth-order valence-corrected chi connectivity index (χ4v) is 3.64. The first kappa shape index (κ1) is 14.5. The number of carbonyl (C=O) groups is 2. The molecule has 3 nitrogen and oxygen atoms in total. The Hall–Kier alpha value is -0.860. The lowest BCUT2D eigenvalue weighted by atomic mass is 9.75. The number of unbranched alkanes of at least 4 members (excludes halogenated alkanes) is 1. The fraction of sp³-hybridized carbons (Fsp3) is 0.875. The Bertz CT molecular complexity index is 327. The summed E-state index contributed by atoms with van der Waals surface area (Å²) in [6.07, 6.45) is 9.63. The van der Waals surface area contributed by atoms with Gasteiger partial charge in [0.2, 0.25) is 5.91 Å². The van der Waals surface area contributed by atoms with Crippen molar-refractivity contribution in [3.8, 4) is 0 Å². The molecule has 0 spiro atoms. The van der Waals surface area contributed by atoms with E-state index in [-0.39, 0.29) is 5.78 Å². The lowest BCUT2D eigenvalue weighted by molar-refractivity contribution is -0.134. The van der Waals surface area contributed by atoms with Crippen molar-refractivity contribution in [2.75, 3.05) is 13.1 Å². The second-order valence-corrected chi connectivity index (χ2v) is 6.34. The second-order valence-electron chi connectivity index (χ2n) is 6.34. The average Bonchev–Trinajstić information content (AvgIpc) is 2.42. The van der Waals surface area contributed by atoms with E-state index in [1.165, 1.54) is 32.1 Å². The normalized spacial score (nSPS) is 26.9. The molecule has 0 bridgehead atoms. The predicted molar refractivity (Wildman–Crippen MR) is 75.8 cm³/mol. The predicted octanol–water partition coefficient (Wildman–Crippen LogP) is 3.17. The molecule has 2 fully saturated rings. The van der Waals surface area contributed by atoms with Crippen molar-refractivity contribution in [3.05, 3.63) is 0 Å². The van der Waals surface area contributed by atoms with Crippen LogP contribution in [0.2, 0.25) is 0 Å². The number of hydrogen-bond donors (Lipinski definition) is 0. The van der Waals surface area contributed by atoms with E-state index in [0.29, 0.717) is 18.7 Å². The molecule has 2 aliphatic rings. The molecule has 108 valence electrons. The number of carbonyl (C=O) groups excluding carboxylic acids is 2. The summed E-state index contributed by atoms with van der Waals surface area (Å²) in [5.74, 6) is 2.20. The molecule has 1 saturated carbocycles. The molecule has 0 aromatic rings. The summed E-state index contributed by atoms with van der Waals surface area (Å²) in [5, 5.41) is 0. The van der Waals surface area contributed by atoms with Gasteiger partial charge in [0.25, 0.3) is 0 Å². The van der Waals surface area contributed by atoms with Gasteiger partial charge in [-0.25, -0.2) is 0 Å². The van der Waals surface area contributed by atoms with Gasteiger partial charge in [-0.3, -0.25) is 4.79 Å². The Labute approximate surface area is 116 Å². The van der Waals surface area contributed by atoms with E-state index >= 15 is 0 Å². The summed E-state index contributed by atoms with van der Waals surface area (Å²) in [4.78, 5) is 25.1. The molecule has 1 heterocycles. The lowest BCUT2D eigenvalue weighted by Gasteiger charge is -2.41. The van der Waals surface area contributed by atoms with E-state index in [4.69, 9.17) is 0 Å². The highest BCUT2D eigenvalue weighted by atomic mass is 16.2. The number of nitrogens with zero attached hydrogens (tertiary/aromatic N) is 1. The third-order valence-electron chi connectivity index (χ3n) is 4.81. The number of fused-ring (bicyclic) bond motifs is 1. The minimum absolute atomic E-state index is 0.232. The number of amides is 1. The Morgan fingerprint density at radius 2 is 1.68 bits per heavy atom. The van der Waals surface area contributed by atoms with E-state index in [2.05, 4.69) is 4.90 Å². The number of hydrogen-bond acceptors (Lipinski definition) is 2. The monoisotopic (exact) mass is 265 g/mol. The first-order valence-corrected chi connectivity index (χ1v) is 7.94. The highest BCUT2D eigenvalue weighted by Crippen LogP contribution is 2.36. The van der Waals surface area contributed by atoms with Gasteiger partial charge in [0, 0.05) is 25.9 Å². The van der Waals surface area contributed by atoms with Crippen LogP contribution in [0.15, 0.2) is 0 Å². The van der Waals surface area contributed by atoms with Gasteiger partial charge in [-0.2, -0.15) is 0 Å². The zero-order valence-electron chi connectivity index (χ0n) is 12.2. The van der Waals surface area contributed by atoms with Gasteiger partial charge in [-0.1, -0.05) is 19.3 Å². The van der Waals surface area contributed by atoms with Crippen molar-refractivity contribution in [2.24, 2.45) is 11.8 Å². The van der Waals surface area contributed by atoms with Gasteiger partial charge >= 0.3 is 0 Å². The molecule has 0 aromatic heterocycles. The average molecular weight is 265 g/mol. The van der Waals surface area contributed by atoms with Crippen LogP contribution >= 0.6 is 0 Å². The van der Waals surface area contributed by atoms with Crippen LogP contribution in [-0.4, -0.2) is 29.7 Å². The minimum Gasteiger partial charge on any atom is -0.342 e. The highest BCUT2D eigenvalue weighted by molar-refractivity contribution is 5.77. The Kier molecular flexibility index (Phi) is 5.41. The maximum atomic E-state index is 12.2. The van der Waals surface area contributed by atoms with E-state index in [0.717, 1.165) is 37.8 Å². The highest BCUT2D eigenvalue weighted by Gasteiger charge is 2.32. The number of ketones is 1. The molecule has 2 unspecified atom stereocenters. The zero-order chi connectivity index (χ0) is 13.7. The summed E-state index contributed by atoms with van der Waals surface area (Å²) in [6.45, 7) is 3.58. The van der Waals surface area contributed by atoms with Crippen LogP contribution in [0.25, 0.3) is 0 Å². The van der Waals surface area contributed by atoms with Gasteiger partial charge in [0.05, 0.1) is 0 Å². The molecule has 2 rings (SSSR count). The Morgan fingerprint density at radius 3 is 2.42 bits per heavy atom. The SMILES string of the molecule is CC(=O)CCCCC(=O)N1CCC2CCCCC2C1.